The number of rotatable bonds is 6. The molecule has 0 aromatic heterocycles. The van der Waals surface area contributed by atoms with Gasteiger partial charge in [-0.1, -0.05) is 31.2 Å². The maximum atomic E-state index is 12.9. The molecule has 2 aromatic rings. The van der Waals surface area contributed by atoms with Gasteiger partial charge in [-0.05, 0) is 36.2 Å². The molecule has 1 amide bonds. The Morgan fingerprint density at radius 2 is 1.77 bits per heavy atom. The number of aliphatic hydroxyl groups is 1. The van der Waals surface area contributed by atoms with E-state index in [1.807, 2.05) is 6.92 Å². The predicted octanol–water partition coefficient (Wildman–Crippen LogP) is 3.45. The zero-order chi connectivity index (χ0) is 21.8. The van der Waals surface area contributed by atoms with Gasteiger partial charge in [-0.25, -0.2) is 0 Å². The van der Waals surface area contributed by atoms with E-state index in [1.54, 1.807) is 48.5 Å². The van der Waals surface area contributed by atoms with Crippen LogP contribution in [0, 0.1) is 0 Å². The number of benzene rings is 2. The molecule has 1 saturated heterocycles. The quantitative estimate of drug-likeness (QED) is 0.258. The number of methoxy groups -OCH3 is 1. The summed E-state index contributed by atoms with van der Waals surface area (Å²) in [4.78, 5) is 38.2. The third-order valence-corrected chi connectivity index (χ3v) is 4.82. The Kier molecular flexibility index (Phi) is 6.20. The van der Waals surface area contributed by atoms with Crippen LogP contribution < -0.4 is 9.47 Å². The lowest BCUT2D eigenvalue weighted by Crippen LogP contribution is -2.30. The second-order valence-corrected chi connectivity index (χ2v) is 6.86. The van der Waals surface area contributed by atoms with E-state index in [2.05, 4.69) is 0 Å². The van der Waals surface area contributed by atoms with E-state index in [4.69, 9.17) is 9.47 Å². The minimum atomic E-state index is -0.763. The zero-order valence-corrected chi connectivity index (χ0v) is 17.0. The van der Waals surface area contributed by atoms with Crippen LogP contribution in [-0.2, 0) is 14.4 Å². The lowest BCUT2D eigenvalue weighted by Gasteiger charge is -2.25. The molecule has 3 rings (SSSR count). The average molecular weight is 409 g/mol. The van der Waals surface area contributed by atoms with Crippen LogP contribution in [0.15, 0.2) is 54.1 Å². The smallest absolute Gasteiger partial charge is 0.308 e. The molecule has 1 unspecified atom stereocenters. The molecule has 1 aliphatic rings. The fourth-order valence-electron chi connectivity index (χ4n) is 3.57. The minimum Gasteiger partial charge on any atom is -0.507 e. The van der Waals surface area contributed by atoms with Crippen molar-refractivity contribution in [1.82, 2.24) is 4.90 Å². The summed E-state index contributed by atoms with van der Waals surface area (Å²) in [6.07, 6.45) is 0.643. The number of Topliss-reactive ketones (excluding diaryl/α,β-unsaturated/α-hetero) is 1. The van der Waals surface area contributed by atoms with Crippen LogP contribution in [0.1, 0.15) is 37.4 Å². The number of para-hydroxylation sites is 1. The topological polar surface area (TPSA) is 93.1 Å². The highest BCUT2D eigenvalue weighted by Gasteiger charge is 2.45. The zero-order valence-electron chi connectivity index (χ0n) is 17.0. The van der Waals surface area contributed by atoms with Crippen LogP contribution in [-0.4, -0.2) is 41.3 Å². The Hall–Kier alpha value is -3.61. The van der Waals surface area contributed by atoms with Crippen molar-refractivity contribution in [3.8, 4) is 11.5 Å². The van der Waals surface area contributed by atoms with Gasteiger partial charge >= 0.3 is 5.97 Å². The number of carbonyl (C=O) groups is 3. The van der Waals surface area contributed by atoms with Gasteiger partial charge in [0, 0.05) is 13.5 Å². The first-order valence-corrected chi connectivity index (χ1v) is 9.59. The maximum Gasteiger partial charge on any atom is 0.308 e. The largest absolute Gasteiger partial charge is 0.507 e. The van der Waals surface area contributed by atoms with E-state index in [9.17, 15) is 19.5 Å². The van der Waals surface area contributed by atoms with Crippen LogP contribution in [0.25, 0.3) is 5.76 Å². The summed E-state index contributed by atoms with van der Waals surface area (Å²) in [5.74, 6) is -1.42. The molecule has 0 aliphatic carbocycles. The SMILES string of the molecule is CCCN1C(=O)C(=O)/C(=C(\O)c2ccccc2OC)C1c1ccc(OC(C)=O)cc1. The number of nitrogens with zero attached hydrogens (tertiary/aromatic N) is 1. The molecule has 0 spiro atoms. The summed E-state index contributed by atoms with van der Waals surface area (Å²) < 4.78 is 10.4. The third kappa shape index (κ3) is 3.91. The van der Waals surface area contributed by atoms with Crippen molar-refractivity contribution in [2.45, 2.75) is 26.3 Å². The highest BCUT2D eigenvalue weighted by molar-refractivity contribution is 6.46. The van der Waals surface area contributed by atoms with Gasteiger partial charge in [0.2, 0.25) is 0 Å². The summed E-state index contributed by atoms with van der Waals surface area (Å²) >= 11 is 0. The van der Waals surface area contributed by atoms with E-state index < -0.39 is 23.7 Å². The molecule has 1 N–H and O–H groups in total. The van der Waals surface area contributed by atoms with Crippen LogP contribution in [0.5, 0.6) is 11.5 Å². The number of hydrogen-bond acceptors (Lipinski definition) is 6. The molecule has 0 saturated carbocycles. The van der Waals surface area contributed by atoms with Crippen molar-refractivity contribution >= 4 is 23.4 Å². The standard InChI is InChI=1S/C23H23NO6/c1-4-13-24-20(15-9-11-16(12-10-15)30-14(2)25)19(22(27)23(24)28)21(26)17-7-5-6-8-18(17)29-3/h5-12,20,26H,4,13H2,1-3H3/b21-19-. The van der Waals surface area contributed by atoms with Crippen molar-refractivity contribution in [2.75, 3.05) is 13.7 Å². The number of ketones is 1. The number of ether oxygens (including phenoxy) is 2. The molecule has 30 heavy (non-hydrogen) atoms. The first-order valence-electron chi connectivity index (χ1n) is 9.59. The Bertz CT molecular complexity index is 1010. The van der Waals surface area contributed by atoms with Gasteiger partial charge in [0.05, 0.1) is 24.3 Å². The molecule has 0 radical (unpaired) electrons. The molecular weight excluding hydrogens is 386 g/mol. The van der Waals surface area contributed by atoms with Crippen molar-refractivity contribution < 1.29 is 29.0 Å². The average Bonchev–Trinajstić information content (AvgIpc) is 2.98. The number of carbonyl (C=O) groups excluding carboxylic acids is 3. The van der Waals surface area contributed by atoms with Gasteiger partial charge in [-0.15, -0.1) is 0 Å². The third-order valence-electron chi connectivity index (χ3n) is 4.82. The first kappa shape index (κ1) is 21.1. The van der Waals surface area contributed by atoms with Gasteiger partial charge < -0.3 is 19.5 Å². The van der Waals surface area contributed by atoms with E-state index in [1.165, 1.54) is 18.9 Å². The maximum absolute atomic E-state index is 12.9. The normalized spacial score (nSPS) is 17.8. The van der Waals surface area contributed by atoms with Gasteiger partial charge in [0.25, 0.3) is 11.7 Å². The molecule has 1 heterocycles. The Morgan fingerprint density at radius 3 is 2.37 bits per heavy atom. The summed E-state index contributed by atoms with van der Waals surface area (Å²) in [6, 6.07) is 12.5. The highest BCUT2D eigenvalue weighted by Crippen LogP contribution is 2.41. The molecule has 1 atom stereocenters. The molecule has 0 bridgehead atoms. The van der Waals surface area contributed by atoms with E-state index in [0.29, 0.717) is 35.6 Å². The minimum absolute atomic E-state index is 0.00168. The second kappa shape index (κ2) is 8.82. The van der Waals surface area contributed by atoms with E-state index >= 15 is 0 Å². The van der Waals surface area contributed by atoms with Crippen molar-refractivity contribution in [3.05, 3.63) is 65.2 Å². The van der Waals surface area contributed by atoms with Gasteiger partial charge in [0.1, 0.15) is 17.3 Å². The summed E-state index contributed by atoms with van der Waals surface area (Å²) in [5.41, 5.74) is 0.948. The summed E-state index contributed by atoms with van der Waals surface area (Å²) in [7, 11) is 1.47. The van der Waals surface area contributed by atoms with Crippen LogP contribution in [0.3, 0.4) is 0 Å². The molecule has 1 aliphatic heterocycles. The summed E-state index contributed by atoms with van der Waals surface area (Å²) in [5, 5.41) is 11.0. The Labute approximate surface area is 174 Å². The van der Waals surface area contributed by atoms with Crippen LogP contribution in [0.2, 0.25) is 0 Å². The molecule has 156 valence electrons. The second-order valence-electron chi connectivity index (χ2n) is 6.86. The lowest BCUT2D eigenvalue weighted by atomic mass is 9.95. The fourth-order valence-corrected chi connectivity index (χ4v) is 3.57. The van der Waals surface area contributed by atoms with E-state index in [-0.39, 0.29) is 11.3 Å². The van der Waals surface area contributed by atoms with E-state index in [0.717, 1.165) is 0 Å². The van der Waals surface area contributed by atoms with Crippen molar-refractivity contribution in [2.24, 2.45) is 0 Å². The predicted molar refractivity (Wildman–Crippen MR) is 110 cm³/mol. The molecule has 2 aromatic carbocycles. The van der Waals surface area contributed by atoms with Crippen LogP contribution >= 0.6 is 0 Å². The highest BCUT2D eigenvalue weighted by atomic mass is 16.5. The van der Waals surface area contributed by atoms with Crippen LogP contribution in [0.4, 0.5) is 0 Å². The molecular formula is C23H23NO6. The fraction of sp³-hybridized carbons (Fsp3) is 0.261. The molecule has 7 heteroatoms. The van der Waals surface area contributed by atoms with Gasteiger partial charge in [-0.3, -0.25) is 14.4 Å². The lowest BCUT2D eigenvalue weighted by molar-refractivity contribution is -0.139. The number of aliphatic hydroxyl groups excluding tert-OH is 1. The number of amides is 1. The Morgan fingerprint density at radius 1 is 1.10 bits per heavy atom. The summed E-state index contributed by atoms with van der Waals surface area (Å²) in [6.45, 7) is 3.56. The molecule has 7 nitrogen and oxygen atoms in total. The number of hydrogen-bond donors (Lipinski definition) is 1. The number of likely N-dealkylation sites (tertiary alicyclic amines) is 1. The first-order chi connectivity index (χ1) is 14.4. The van der Waals surface area contributed by atoms with Crippen molar-refractivity contribution in [1.29, 1.82) is 0 Å². The van der Waals surface area contributed by atoms with Gasteiger partial charge in [-0.2, -0.15) is 0 Å². The monoisotopic (exact) mass is 409 g/mol. The molecule has 1 fully saturated rings. The van der Waals surface area contributed by atoms with Crippen molar-refractivity contribution in [3.63, 3.8) is 0 Å². The van der Waals surface area contributed by atoms with Gasteiger partial charge in [0.15, 0.2) is 0 Å². The number of esters is 1. The Balaban J connectivity index is 2.15.